The van der Waals surface area contributed by atoms with Crippen LogP contribution < -0.4 is 5.32 Å². The van der Waals surface area contributed by atoms with Crippen molar-refractivity contribution in [2.75, 3.05) is 12.3 Å². The molecule has 1 fully saturated rings. The summed E-state index contributed by atoms with van der Waals surface area (Å²) < 4.78 is 0. The highest BCUT2D eigenvalue weighted by molar-refractivity contribution is 8.00. The number of rotatable bonds is 5. The third-order valence-electron chi connectivity index (χ3n) is 2.53. The van der Waals surface area contributed by atoms with E-state index in [9.17, 15) is 0 Å². The van der Waals surface area contributed by atoms with Crippen LogP contribution in [0, 0.1) is 12.3 Å². The van der Waals surface area contributed by atoms with Gasteiger partial charge in [-0.1, -0.05) is 6.92 Å². The molecule has 2 heteroatoms. The Balaban J connectivity index is 1.96. The first-order chi connectivity index (χ1) is 6.34. The lowest BCUT2D eigenvalue weighted by Crippen LogP contribution is -2.33. The van der Waals surface area contributed by atoms with Crippen molar-refractivity contribution >= 4 is 11.8 Å². The lowest BCUT2D eigenvalue weighted by molar-refractivity contribution is 0.500. The van der Waals surface area contributed by atoms with E-state index in [2.05, 4.69) is 29.9 Å². The molecule has 0 aromatic heterocycles. The quantitative estimate of drug-likeness (QED) is 0.536. The molecular weight excluding hydrogens is 178 g/mol. The van der Waals surface area contributed by atoms with E-state index in [1.807, 2.05) is 0 Å². The summed E-state index contributed by atoms with van der Waals surface area (Å²) in [6, 6.07) is 0.746. The molecule has 0 aliphatic carbocycles. The normalized spacial score (nSPS) is 27.4. The van der Waals surface area contributed by atoms with E-state index in [0.717, 1.165) is 30.7 Å². The third kappa shape index (κ3) is 4.06. The topological polar surface area (TPSA) is 12.0 Å². The Morgan fingerprint density at radius 1 is 1.54 bits per heavy atom. The minimum atomic E-state index is 0.746. The molecule has 2 atom stereocenters. The van der Waals surface area contributed by atoms with Crippen LogP contribution in [0.25, 0.3) is 0 Å². The molecule has 1 rings (SSSR count). The fraction of sp³-hybridized carbons (Fsp3) is 0.818. The Labute approximate surface area is 86.1 Å². The lowest BCUT2D eigenvalue weighted by atomic mass is 10.1. The van der Waals surface area contributed by atoms with Crippen molar-refractivity contribution in [2.24, 2.45) is 0 Å². The minimum absolute atomic E-state index is 0.746. The SMILES string of the molecule is C#CCCCCNC1CCSC1C. The first kappa shape index (κ1) is 10.9. The minimum Gasteiger partial charge on any atom is -0.313 e. The van der Waals surface area contributed by atoms with Gasteiger partial charge in [-0.05, 0) is 31.6 Å². The van der Waals surface area contributed by atoms with Gasteiger partial charge in [0.15, 0.2) is 0 Å². The van der Waals surface area contributed by atoms with Gasteiger partial charge in [0.2, 0.25) is 0 Å². The largest absolute Gasteiger partial charge is 0.313 e. The molecule has 0 bridgehead atoms. The molecule has 0 amide bonds. The fourth-order valence-corrected chi connectivity index (χ4v) is 2.87. The summed E-state index contributed by atoms with van der Waals surface area (Å²) in [5.41, 5.74) is 0. The van der Waals surface area contributed by atoms with E-state index >= 15 is 0 Å². The zero-order valence-electron chi connectivity index (χ0n) is 8.38. The fourth-order valence-electron chi connectivity index (χ4n) is 1.64. The molecule has 1 N–H and O–H groups in total. The zero-order chi connectivity index (χ0) is 9.52. The molecule has 0 aromatic carbocycles. The summed E-state index contributed by atoms with van der Waals surface area (Å²) in [6.45, 7) is 3.45. The third-order valence-corrected chi connectivity index (χ3v) is 3.86. The summed E-state index contributed by atoms with van der Waals surface area (Å²) in [6.07, 6.45) is 9.83. The van der Waals surface area contributed by atoms with Crippen molar-refractivity contribution in [1.82, 2.24) is 5.32 Å². The first-order valence-electron chi connectivity index (χ1n) is 5.13. The molecule has 0 radical (unpaired) electrons. The number of terminal acetylenes is 1. The van der Waals surface area contributed by atoms with Crippen molar-refractivity contribution in [3.05, 3.63) is 0 Å². The van der Waals surface area contributed by atoms with Gasteiger partial charge < -0.3 is 5.32 Å². The predicted octanol–water partition coefficient (Wildman–Crippen LogP) is 2.27. The van der Waals surface area contributed by atoms with E-state index in [1.165, 1.54) is 18.6 Å². The Hall–Kier alpha value is -0.130. The van der Waals surface area contributed by atoms with E-state index in [1.54, 1.807) is 0 Å². The van der Waals surface area contributed by atoms with Gasteiger partial charge in [-0.15, -0.1) is 12.3 Å². The van der Waals surface area contributed by atoms with Crippen molar-refractivity contribution < 1.29 is 0 Å². The van der Waals surface area contributed by atoms with E-state index in [-0.39, 0.29) is 0 Å². The van der Waals surface area contributed by atoms with Crippen LogP contribution in [0.15, 0.2) is 0 Å². The standard InChI is InChI=1S/C11H19NS/c1-3-4-5-6-8-12-11-7-9-13-10(11)2/h1,10-12H,4-9H2,2H3. The molecule has 1 aliphatic heterocycles. The average Bonchev–Trinajstić information content (AvgIpc) is 2.52. The number of nitrogens with one attached hydrogen (secondary N) is 1. The molecule has 13 heavy (non-hydrogen) atoms. The second-order valence-corrected chi connectivity index (χ2v) is 5.07. The highest BCUT2D eigenvalue weighted by atomic mass is 32.2. The second-order valence-electron chi connectivity index (χ2n) is 3.59. The smallest absolute Gasteiger partial charge is 0.0191 e. The molecule has 74 valence electrons. The van der Waals surface area contributed by atoms with Crippen molar-refractivity contribution in [1.29, 1.82) is 0 Å². The number of hydrogen-bond donors (Lipinski definition) is 1. The van der Waals surface area contributed by atoms with Crippen LogP contribution in [0.4, 0.5) is 0 Å². The van der Waals surface area contributed by atoms with E-state index in [0.29, 0.717) is 0 Å². The summed E-state index contributed by atoms with van der Waals surface area (Å²) in [5.74, 6) is 4.00. The predicted molar refractivity (Wildman–Crippen MR) is 61.0 cm³/mol. The van der Waals surface area contributed by atoms with Gasteiger partial charge in [-0.2, -0.15) is 11.8 Å². The van der Waals surface area contributed by atoms with Crippen LogP contribution in [0.1, 0.15) is 32.6 Å². The molecule has 1 nitrogen and oxygen atoms in total. The highest BCUT2D eigenvalue weighted by Crippen LogP contribution is 2.25. The van der Waals surface area contributed by atoms with Crippen LogP contribution in [0.3, 0.4) is 0 Å². The first-order valence-corrected chi connectivity index (χ1v) is 6.18. The number of thioether (sulfide) groups is 1. The van der Waals surface area contributed by atoms with E-state index in [4.69, 9.17) is 6.42 Å². The van der Waals surface area contributed by atoms with Gasteiger partial charge in [-0.25, -0.2) is 0 Å². The molecule has 0 aromatic rings. The van der Waals surface area contributed by atoms with Gasteiger partial charge in [0.05, 0.1) is 0 Å². The summed E-state index contributed by atoms with van der Waals surface area (Å²) in [5, 5.41) is 4.40. The Kier molecular flexibility index (Phi) is 5.34. The summed E-state index contributed by atoms with van der Waals surface area (Å²) >= 11 is 2.08. The van der Waals surface area contributed by atoms with Gasteiger partial charge >= 0.3 is 0 Å². The van der Waals surface area contributed by atoms with E-state index < -0.39 is 0 Å². The van der Waals surface area contributed by atoms with Gasteiger partial charge in [-0.3, -0.25) is 0 Å². The molecule has 0 spiro atoms. The molecule has 1 saturated heterocycles. The van der Waals surface area contributed by atoms with Crippen LogP contribution in [0.5, 0.6) is 0 Å². The second kappa shape index (κ2) is 6.34. The highest BCUT2D eigenvalue weighted by Gasteiger charge is 2.22. The number of unbranched alkanes of at least 4 members (excludes halogenated alkanes) is 2. The van der Waals surface area contributed by atoms with Gasteiger partial charge in [0, 0.05) is 17.7 Å². The summed E-state index contributed by atoms with van der Waals surface area (Å²) in [4.78, 5) is 0. The maximum absolute atomic E-state index is 5.18. The maximum Gasteiger partial charge on any atom is 0.0191 e. The molecule has 1 aliphatic rings. The monoisotopic (exact) mass is 197 g/mol. The zero-order valence-corrected chi connectivity index (χ0v) is 9.20. The Bertz CT molecular complexity index is 173. The van der Waals surface area contributed by atoms with Crippen LogP contribution >= 0.6 is 11.8 Å². The van der Waals surface area contributed by atoms with Gasteiger partial charge in [0.25, 0.3) is 0 Å². The van der Waals surface area contributed by atoms with Crippen molar-refractivity contribution in [3.63, 3.8) is 0 Å². The molecule has 2 unspecified atom stereocenters. The number of hydrogen-bond acceptors (Lipinski definition) is 2. The lowest BCUT2D eigenvalue weighted by Gasteiger charge is -2.15. The summed E-state index contributed by atoms with van der Waals surface area (Å²) in [7, 11) is 0. The van der Waals surface area contributed by atoms with Crippen molar-refractivity contribution in [2.45, 2.75) is 43.9 Å². The molecular formula is C11H19NS. The van der Waals surface area contributed by atoms with Gasteiger partial charge in [0.1, 0.15) is 0 Å². The van der Waals surface area contributed by atoms with Crippen LogP contribution in [-0.2, 0) is 0 Å². The molecule has 0 saturated carbocycles. The Morgan fingerprint density at radius 3 is 3.00 bits per heavy atom. The van der Waals surface area contributed by atoms with Crippen LogP contribution in [-0.4, -0.2) is 23.6 Å². The Morgan fingerprint density at radius 2 is 2.38 bits per heavy atom. The van der Waals surface area contributed by atoms with Crippen LogP contribution in [0.2, 0.25) is 0 Å². The van der Waals surface area contributed by atoms with Crippen molar-refractivity contribution in [3.8, 4) is 12.3 Å². The molecule has 1 heterocycles. The maximum atomic E-state index is 5.18. The average molecular weight is 197 g/mol.